The Morgan fingerprint density at radius 1 is 0.433 bits per heavy atom. The normalized spacial score (nSPS) is 11.3. The molecule has 0 aromatic heterocycles. The molecular formula is C26H57O2P2+. The molecule has 0 heterocycles. The summed E-state index contributed by atoms with van der Waals surface area (Å²) in [5, 5.41) is 0. The van der Waals surface area contributed by atoms with Crippen LogP contribution >= 0.6 is 16.3 Å². The molecule has 1 atom stereocenters. The smallest absolute Gasteiger partial charge is 0.310 e. The van der Waals surface area contributed by atoms with E-state index in [1.165, 1.54) is 150 Å². The Morgan fingerprint density at radius 3 is 0.833 bits per heavy atom. The maximum atomic E-state index is 11.6. The van der Waals surface area contributed by atoms with Gasteiger partial charge in [0.15, 0.2) is 0 Å². The first kappa shape index (κ1) is 32.5. The second-order valence-corrected chi connectivity index (χ2v) is 13.3. The van der Waals surface area contributed by atoms with Crippen LogP contribution in [0.3, 0.4) is 0 Å². The second-order valence-electron chi connectivity index (χ2n) is 9.72. The number of rotatable bonds is 23. The van der Waals surface area contributed by atoms with Crippen LogP contribution in [0.25, 0.3) is 0 Å². The third kappa shape index (κ3) is 33.0. The van der Waals surface area contributed by atoms with Gasteiger partial charge in [-0.3, -0.25) is 0 Å². The summed E-state index contributed by atoms with van der Waals surface area (Å²) in [5.74, 6) is 0. The van der Waals surface area contributed by atoms with Crippen molar-refractivity contribution in [2.45, 2.75) is 148 Å². The van der Waals surface area contributed by atoms with Gasteiger partial charge in [-0.1, -0.05) is 146 Å². The lowest BCUT2D eigenvalue weighted by Crippen LogP contribution is -1.87. The summed E-state index contributed by atoms with van der Waals surface area (Å²) < 4.78 is 19.8. The largest absolute Gasteiger partial charge is 0.324 e. The highest BCUT2D eigenvalue weighted by Crippen LogP contribution is 2.36. The predicted octanol–water partition coefficient (Wildman–Crippen LogP) is 10.4. The van der Waals surface area contributed by atoms with Gasteiger partial charge >= 0.3 is 9.12 Å². The molecule has 1 unspecified atom stereocenters. The van der Waals surface area contributed by atoms with Crippen LogP contribution < -0.4 is 0 Å². The summed E-state index contributed by atoms with van der Waals surface area (Å²) in [4.78, 5) is 0. The Bertz CT molecular complexity index is 355. The second kappa shape index (κ2) is 27.4. The molecule has 0 aliphatic carbocycles. The van der Waals surface area contributed by atoms with Crippen molar-refractivity contribution in [2.24, 2.45) is 0 Å². The van der Waals surface area contributed by atoms with E-state index < -0.39 is 7.14 Å². The molecule has 0 aromatic carbocycles. The first-order chi connectivity index (χ1) is 14.6. The number of hydrogen-bond donors (Lipinski definition) is 0. The maximum absolute atomic E-state index is 11.6. The molecule has 0 bridgehead atoms. The third-order valence-corrected chi connectivity index (χ3v) is 7.44. The third-order valence-electron chi connectivity index (χ3n) is 6.05. The summed E-state index contributed by atoms with van der Waals surface area (Å²) in [7, 11) is -0.595. The van der Waals surface area contributed by atoms with Gasteiger partial charge in [-0.2, -0.15) is 0 Å². The van der Waals surface area contributed by atoms with Crippen molar-refractivity contribution in [2.75, 3.05) is 19.5 Å². The fourth-order valence-electron chi connectivity index (χ4n) is 4.10. The van der Waals surface area contributed by atoms with Crippen molar-refractivity contribution in [1.82, 2.24) is 0 Å². The first-order valence-electron chi connectivity index (χ1n) is 13.3. The van der Waals surface area contributed by atoms with Gasteiger partial charge in [0.25, 0.3) is 0 Å². The lowest BCUT2D eigenvalue weighted by Gasteiger charge is -2.06. The average Bonchev–Trinajstić information content (AvgIpc) is 2.72. The quantitative estimate of drug-likeness (QED) is 0.111. The van der Waals surface area contributed by atoms with E-state index in [9.17, 15) is 4.57 Å². The van der Waals surface area contributed by atoms with Gasteiger partial charge in [0.2, 0.25) is 0 Å². The first-order valence-corrected chi connectivity index (χ1v) is 16.6. The van der Waals surface area contributed by atoms with Crippen LogP contribution in [-0.2, 0) is 9.13 Å². The van der Waals surface area contributed by atoms with Crippen molar-refractivity contribution < 1.29 is 9.13 Å². The van der Waals surface area contributed by atoms with E-state index in [1.807, 2.05) is 13.3 Å². The topological polar surface area (TPSA) is 34.1 Å². The molecule has 0 amide bonds. The van der Waals surface area contributed by atoms with E-state index in [-0.39, 0.29) is 0 Å². The molecule has 0 saturated heterocycles. The molecule has 0 spiro atoms. The monoisotopic (exact) mass is 463 g/mol. The van der Waals surface area contributed by atoms with Gasteiger partial charge in [0.1, 0.15) is 0 Å². The summed E-state index contributed by atoms with van der Waals surface area (Å²) >= 11 is 0. The zero-order valence-corrected chi connectivity index (χ0v) is 23.2. The zero-order valence-electron chi connectivity index (χ0n) is 21.1. The fraction of sp³-hybridized carbons (Fsp3) is 1.00. The molecule has 2 nitrogen and oxygen atoms in total. The van der Waals surface area contributed by atoms with Gasteiger partial charge in [0.05, 0.1) is 7.14 Å². The van der Waals surface area contributed by atoms with Crippen molar-refractivity contribution in [1.29, 1.82) is 0 Å². The van der Waals surface area contributed by atoms with E-state index in [2.05, 4.69) is 6.92 Å². The number of hydrogen-bond acceptors (Lipinski definition) is 2. The Balaban J connectivity index is 0. The molecule has 0 radical (unpaired) electrons. The Kier molecular flexibility index (Phi) is 29.7. The Labute approximate surface area is 193 Å². The number of unbranched alkanes of at least 4 members (excludes halogenated alkanes) is 21. The van der Waals surface area contributed by atoms with E-state index in [0.29, 0.717) is 0 Å². The molecule has 0 aliphatic rings. The molecule has 0 N–H and O–H groups in total. The highest BCUT2D eigenvalue weighted by molar-refractivity contribution is 7.62. The van der Waals surface area contributed by atoms with Crippen LogP contribution in [0, 0.1) is 0 Å². The van der Waals surface area contributed by atoms with E-state index >= 15 is 0 Å². The molecule has 0 rings (SSSR count). The average molecular weight is 464 g/mol. The SMILES string of the molecule is CCCCCCCCCCCCCCCCCCCCCCCCP(C)(C)=O.O=[PH2+]. The lowest BCUT2D eigenvalue weighted by molar-refractivity contribution is 0.520. The van der Waals surface area contributed by atoms with Crippen LogP contribution in [0.4, 0.5) is 0 Å². The molecule has 0 aliphatic heterocycles. The van der Waals surface area contributed by atoms with Gasteiger partial charge in [-0.15, -0.1) is 0 Å². The van der Waals surface area contributed by atoms with Crippen LogP contribution in [0.15, 0.2) is 0 Å². The standard InChI is InChI=1S/C26H55OP.H2OP/c1-4-5-6-7-8-9-10-11-12-13-14-15-16-17-18-19-20-21-22-23-24-25-26-28(2,3)27;1-2/h4-26H2,1-3H3;2H2/q;+1. The van der Waals surface area contributed by atoms with Crippen LogP contribution in [0.1, 0.15) is 148 Å². The Hall–Kier alpha value is 0.330. The molecule has 4 heteroatoms. The molecule has 0 saturated carbocycles. The van der Waals surface area contributed by atoms with Crippen molar-refractivity contribution in [3.8, 4) is 0 Å². The molecule has 182 valence electrons. The summed E-state index contributed by atoms with van der Waals surface area (Å²) in [6, 6.07) is 0. The molecular weight excluding hydrogens is 406 g/mol. The van der Waals surface area contributed by atoms with Crippen molar-refractivity contribution in [3.05, 3.63) is 0 Å². The minimum atomic E-state index is -1.76. The zero-order chi connectivity index (χ0) is 22.8. The van der Waals surface area contributed by atoms with Gasteiger partial charge < -0.3 is 4.57 Å². The lowest BCUT2D eigenvalue weighted by atomic mass is 10.0. The van der Waals surface area contributed by atoms with Crippen molar-refractivity contribution in [3.63, 3.8) is 0 Å². The maximum Gasteiger partial charge on any atom is 0.310 e. The van der Waals surface area contributed by atoms with Gasteiger partial charge in [-0.25, -0.2) is 0 Å². The van der Waals surface area contributed by atoms with E-state index in [1.54, 1.807) is 0 Å². The summed E-state index contributed by atoms with van der Waals surface area (Å²) in [6.07, 6.45) is 32.3. The molecule has 30 heavy (non-hydrogen) atoms. The van der Waals surface area contributed by atoms with Crippen LogP contribution in [0.2, 0.25) is 0 Å². The van der Waals surface area contributed by atoms with E-state index in [0.717, 1.165) is 6.16 Å². The van der Waals surface area contributed by atoms with E-state index in [4.69, 9.17) is 4.57 Å². The van der Waals surface area contributed by atoms with Crippen molar-refractivity contribution >= 4 is 16.3 Å². The van der Waals surface area contributed by atoms with Gasteiger partial charge in [0, 0.05) is 6.16 Å². The predicted molar refractivity (Wildman–Crippen MR) is 142 cm³/mol. The highest BCUT2D eigenvalue weighted by Gasteiger charge is 2.05. The van der Waals surface area contributed by atoms with Gasteiger partial charge in [-0.05, 0) is 19.8 Å². The molecule has 0 aromatic rings. The minimum Gasteiger partial charge on any atom is -0.324 e. The highest BCUT2D eigenvalue weighted by atomic mass is 31.2. The minimum absolute atomic E-state index is 0.951. The van der Waals surface area contributed by atoms with Crippen LogP contribution in [0.5, 0.6) is 0 Å². The fourth-order valence-corrected chi connectivity index (χ4v) is 5.09. The summed E-state index contributed by atoms with van der Waals surface area (Å²) in [5.41, 5.74) is 0. The molecule has 0 fully saturated rings. The Morgan fingerprint density at radius 2 is 0.633 bits per heavy atom. The van der Waals surface area contributed by atoms with Crippen LogP contribution in [-0.4, -0.2) is 19.5 Å². The summed E-state index contributed by atoms with van der Waals surface area (Å²) in [6.45, 7) is 6.14.